The highest BCUT2D eigenvalue weighted by Crippen LogP contribution is 2.31. The first-order valence-electron chi connectivity index (χ1n) is 10.2. The van der Waals surface area contributed by atoms with Crippen LogP contribution in [0.2, 0.25) is 0 Å². The number of hydrogen-bond donors (Lipinski definition) is 1. The summed E-state index contributed by atoms with van der Waals surface area (Å²) in [5.41, 5.74) is 5.37. The number of aryl methyl sites for hydroxylation is 1. The Kier molecular flexibility index (Phi) is 6.51. The molecule has 148 valence electrons. The van der Waals surface area contributed by atoms with Crippen LogP contribution in [-0.4, -0.2) is 9.55 Å². The Hall–Kier alpha value is -3.32. The lowest BCUT2D eigenvalue weighted by Gasteiger charge is -2.12. The summed E-state index contributed by atoms with van der Waals surface area (Å²) in [5, 5.41) is 9.70. The maximum absolute atomic E-state index is 12.7. The van der Waals surface area contributed by atoms with Gasteiger partial charge in [-0.3, -0.25) is 4.79 Å². The zero-order valence-electron chi connectivity index (χ0n) is 17.2. The maximum Gasteiger partial charge on any atom is 0.267 e. The molecule has 1 aromatic carbocycles. The Bertz CT molecular complexity index is 1100. The lowest BCUT2D eigenvalue weighted by atomic mass is 10.0. The van der Waals surface area contributed by atoms with Crippen LogP contribution in [0.5, 0.6) is 0 Å². The van der Waals surface area contributed by atoms with Crippen molar-refractivity contribution in [2.45, 2.75) is 46.0 Å². The number of aromatic nitrogens is 2. The molecule has 3 rings (SSSR count). The fraction of sp³-hybridized carbons (Fsp3) is 0.280. The van der Waals surface area contributed by atoms with Gasteiger partial charge in [0.1, 0.15) is 11.6 Å². The van der Waals surface area contributed by atoms with Gasteiger partial charge in [-0.15, -0.1) is 0 Å². The Labute approximate surface area is 172 Å². The molecule has 4 heteroatoms. The number of nitrogens with zero attached hydrogens (tertiary/aromatic N) is 2. The Morgan fingerprint density at radius 1 is 1.14 bits per heavy atom. The smallest absolute Gasteiger partial charge is 0.267 e. The Morgan fingerprint density at radius 2 is 1.90 bits per heavy atom. The summed E-state index contributed by atoms with van der Waals surface area (Å²) in [6.45, 7) is 8.35. The third kappa shape index (κ3) is 4.09. The predicted octanol–water partition coefficient (Wildman–Crippen LogP) is 5.78. The monoisotopic (exact) mass is 385 g/mol. The van der Waals surface area contributed by atoms with Crippen LogP contribution in [0.15, 0.2) is 53.8 Å². The molecule has 0 fully saturated rings. The Morgan fingerprint density at radius 3 is 2.52 bits per heavy atom. The van der Waals surface area contributed by atoms with Crippen LogP contribution in [0.1, 0.15) is 49.9 Å². The fourth-order valence-electron chi connectivity index (χ4n) is 3.79. The number of pyridine rings is 1. The number of nitriles is 1. The number of hydrogen-bond acceptors (Lipinski definition) is 2. The van der Waals surface area contributed by atoms with E-state index in [-0.39, 0.29) is 11.1 Å². The van der Waals surface area contributed by atoms with E-state index in [1.807, 2.05) is 36.4 Å². The van der Waals surface area contributed by atoms with E-state index in [1.54, 1.807) is 6.20 Å². The number of rotatable bonds is 8. The molecule has 0 saturated carbocycles. The van der Waals surface area contributed by atoms with Crippen LogP contribution in [-0.2, 0) is 12.8 Å². The molecule has 2 aromatic heterocycles. The van der Waals surface area contributed by atoms with Crippen LogP contribution in [0.3, 0.4) is 0 Å². The maximum atomic E-state index is 12.7. The topological polar surface area (TPSA) is 61.6 Å². The van der Waals surface area contributed by atoms with Crippen molar-refractivity contribution in [1.29, 1.82) is 5.26 Å². The second kappa shape index (κ2) is 9.25. The number of unbranched alkanes of at least 4 members (excludes halogenated alkanes) is 1. The van der Waals surface area contributed by atoms with Crippen LogP contribution in [0.4, 0.5) is 0 Å². The molecule has 29 heavy (non-hydrogen) atoms. The number of H-pyrrole nitrogens is 1. The molecule has 3 aromatic rings. The minimum absolute atomic E-state index is 0.135. The minimum atomic E-state index is -0.368. The van der Waals surface area contributed by atoms with Gasteiger partial charge in [-0.05, 0) is 42.5 Å². The molecule has 0 aliphatic carbocycles. The third-order valence-corrected chi connectivity index (χ3v) is 5.21. The molecule has 0 radical (unpaired) electrons. The number of benzene rings is 1. The van der Waals surface area contributed by atoms with E-state index in [0.29, 0.717) is 11.3 Å². The summed E-state index contributed by atoms with van der Waals surface area (Å²) in [6.07, 6.45) is 6.94. The molecule has 0 amide bonds. The van der Waals surface area contributed by atoms with Gasteiger partial charge in [-0.1, -0.05) is 63.6 Å². The molecular weight excluding hydrogens is 358 g/mol. The lowest BCUT2D eigenvalue weighted by Crippen LogP contribution is -2.13. The van der Waals surface area contributed by atoms with Crippen molar-refractivity contribution >= 4 is 6.20 Å². The number of nitrogens with one attached hydrogen (secondary N) is 1. The minimum Gasteiger partial charge on any atom is -0.321 e. The first-order valence-corrected chi connectivity index (χ1v) is 10.2. The molecule has 4 nitrogen and oxygen atoms in total. The van der Waals surface area contributed by atoms with Crippen molar-refractivity contribution in [3.63, 3.8) is 0 Å². The lowest BCUT2D eigenvalue weighted by molar-refractivity contribution is 0.754. The van der Waals surface area contributed by atoms with Gasteiger partial charge >= 0.3 is 0 Å². The van der Waals surface area contributed by atoms with Crippen molar-refractivity contribution < 1.29 is 0 Å². The molecule has 0 saturated heterocycles. The zero-order chi connectivity index (χ0) is 20.8. The molecule has 0 spiro atoms. The molecule has 0 aliphatic heterocycles. The first kappa shape index (κ1) is 20.4. The van der Waals surface area contributed by atoms with Gasteiger partial charge in [0.15, 0.2) is 0 Å². The van der Waals surface area contributed by atoms with Gasteiger partial charge in [-0.25, -0.2) is 0 Å². The van der Waals surface area contributed by atoms with Gasteiger partial charge < -0.3 is 9.55 Å². The van der Waals surface area contributed by atoms with E-state index in [4.69, 9.17) is 0 Å². The second-order valence-corrected chi connectivity index (χ2v) is 7.19. The fourth-order valence-corrected chi connectivity index (χ4v) is 3.79. The van der Waals surface area contributed by atoms with Crippen LogP contribution in [0.25, 0.3) is 28.7 Å². The van der Waals surface area contributed by atoms with E-state index in [0.717, 1.165) is 43.4 Å². The van der Waals surface area contributed by atoms with Crippen molar-refractivity contribution in [1.82, 2.24) is 9.55 Å². The highest BCUT2D eigenvalue weighted by Gasteiger charge is 2.19. The first-order chi connectivity index (χ1) is 14.1. The van der Waals surface area contributed by atoms with Gasteiger partial charge in [0.2, 0.25) is 0 Å². The molecule has 0 bridgehead atoms. The standard InChI is InChI=1S/C25H27N3O/c1-4-7-14-23-19(11-5-2)15-24(28(23)6-3)20-16-22(18-12-9-8-10-13-18)27-25(29)21(20)17-26/h6,8-10,12-13,15-16H,3-5,7,11,14H2,1-2H3,(H,27,29). The Balaban J connectivity index is 2.27. The molecule has 1 N–H and O–H groups in total. The van der Waals surface area contributed by atoms with E-state index in [9.17, 15) is 10.1 Å². The number of aromatic amines is 1. The van der Waals surface area contributed by atoms with E-state index in [1.165, 1.54) is 11.3 Å². The van der Waals surface area contributed by atoms with Crippen LogP contribution < -0.4 is 5.56 Å². The van der Waals surface area contributed by atoms with Crippen molar-refractivity contribution in [2.75, 3.05) is 0 Å². The summed E-state index contributed by atoms with van der Waals surface area (Å²) in [6, 6.07) is 15.8. The molecule has 2 heterocycles. The summed E-state index contributed by atoms with van der Waals surface area (Å²) >= 11 is 0. The van der Waals surface area contributed by atoms with E-state index < -0.39 is 0 Å². The van der Waals surface area contributed by atoms with Gasteiger partial charge in [0.25, 0.3) is 5.56 Å². The second-order valence-electron chi connectivity index (χ2n) is 7.19. The van der Waals surface area contributed by atoms with Crippen molar-refractivity contribution in [3.8, 4) is 28.6 Å². The van der Waals surface area contributed by atoms with Gasteiger partial charge in [-0.2, -0.15) is 5.26 Å². The summed E-state index contributed by atoms with van der Waals surface area (Å²) < 4.78 is 2.06. The van der Waals surface area contributed by atoms with E-state index in [2.05, 4.69) is 42.1 Å². The summed E-state index contributed by atoms with van der Waals surface area (Å²) in [4.78, 5) is 15.6. The molecule has 0 atom stereocenters. The van der Waals surface area contributed by atoms with Crippen LogP contribution in [0, 0.1) is 11.3 Å². The average Bonchev–Trinajstić information content (AvgIpc) is 3.09. The highest BCUT2D eigenvalue weighted by atomic mass is 16.1. The summed E-state index contributed by atoms with van der Waals surface area (Å²) in [5.74, 6) is 0. The van der Waals surface area contributed by atoms with E-state index >= 15 is 0 Å². The van der Waals surface area contributed by atoms with Crippen LogP contribution >= 0.6 is 0 Å². The third-order valence-electron chi connectivity index (χ3n) is 5.21. The SMILES string of the molecule is C=Cn1c(-c2cc(-c3ccccc3)[nH]c(=O)c2C#N)cc(CCC)c1CCCC. The largest absolute Gasteiger partial charge is 0.321 e. The molecule has 0 unspecified atom stereocenters. The average molecular weight is 386 g/mol. The highest BCUT2D eigenvalue weighted by molar-refractivity contribution is 5.76. The molecule has 0 aliphatic rings. The normalized spacial score (nSPS) is 10.7. The van der Waals surface area contributed by atoms with Crippen molar-refractivity contribution in [2.24, 2.45) is 0 Å². The molecular formula is C25H27N3O. The summed E-state index contributed by atoms with van der Waals surface area (Å²) in [7, 11) is 0. The van der Waals surface area contributed by atoms with Gasteiger partial charge in [0, 0.05) is 23.2 Å². The quantitative estimate of drug-likeness (QED) is 0.534. The predicted molar refractivity (Wildman–Crippen MR) is 120 cm³/mol. The van der Waals surface area contributed by atoms with Gasteiger partial charge in [0.05, 0.1) is 5.69 Å². The zero-order valence-corrected chi connectivity index (χ0v) is 17.2. The van der Waals surface area contributed by atoms with Crippen molar-refractivity contribution in [3.05, 3.63) is 76.2 Å².